The van der Waals surface area contributed by atoms with Crippen LogP contribution in [0.3, 0.4) is 0 Å². The molecule has 0 radical (unpaired) electrons. The average Bonchev–Trinajstić information content (AvgIpc) is 2.31. The summed E-state index contributed by atoms with van der Waals surface area (Å²) in [6.45, 7) is 13.5. The third-order valence-electron chi connectivity index (χ3n) is 1.13. The second kappa shape index (κ2) is 19.9. The van der Waals surface area contributed by atoms with Gasteiger partial charge >= 0.3 is 6.03 Å². The summed E-state index contributed by atoms with van der Waals surface area (Å²) in [5.74, 6) is 0.661. The van der Waals surface area contributed by atoms with E-state index in [1.165, 1.54) is 0 Å². The van der Waals surface area contributed by atoms with Crippen LogP contribution in [0.2, 0.25) is 0 Å². The van der Waals surface area contributed by atoms with Gasteiger partial charge in [0.2, 0.25) is 0 Å². The molecule has 0 unspecified atom stereocenters. The number of carbonyl (C=O) groups is 1. The minimum Gasteiger partial charge on any atom is -0.466 e. The Morgan fingerprint density at radius 1 is 1.12 bits per heavy atom. The number of carbonyl (C=O) groups excluding carboxylic acids is 1. The Balaban J connectivity index is -0.000000275. The van der Waals surface area contributed by atoms with Crippen molar-refractivity contribution in [3.8, 4) is 0 Å². The van der Waals surface area contributed by atoms with Gasteiger partial charge in [0.25, 0.3) is 5.95 Å². The minimum absolute atomic E-state index is 0.661. The van der Waals surface area contributed by atoms with Crippen LogP contribution >= 0.6 is 0 Å². The van der Waals surface area contributed by atoms with Crippen molar-refractivity contribution in [2.24, 2.45) is 11.5 Å². The molecule has 4 N–H and O–H groups in total. The summed E-state index contributed by atoms with van der Waals surface area (Å²) in [4.78, 5) is 9.00. The average molecular weight is 246 g/mol. The molecule has 0 heterocycles. The molecular weight excluding hydrogens is 220 g/mol. The van der Waals surface area contributed by atoms with Gasteiger partial charge in [-0.15, -0.1) is 13.2 Å². The molecule has 0 saturated heterocycles. The van der Waals surface area contributed by atoms with E-state index >= 15 is 0 Å². The molecule has 5 heteroatoms. The van der Waals surface area contributed by atoms with Crippen molar-refractivity contribution in [3.05, 3.63) is 25.2 Å². The lowest BCUT2D eigenvalue weighted by Crippen LogP contribution is -2.18. The third kappa shape index (κ3) is 31.4. The zero-order valence-electron chi connectivity index (χ0n) is 11.2. The maximum Gasteiger partial charge on any atom is 0.309 e. The van der Waals surface area contributed by atoms with E-state index in [2.05, 4.69) is 38.5 Å². The molecule has 102 valence electrons. The SMILES string of the molecule is C=C.CC=C(OCCC)OCCC.NC(N)=O. The number of hydrogen-bond acceptors (Lipinski definition) is 3. The molecule has 0 bridgehead atoms. The Hall–Kier alpha value is -1.65. The first-order valence-electron chi connectivity index (χ1n) is 5.55. The Morgan fingerprint density at radius 2 is 1.41 bits per heavy atom. The van der Waals surface area contributed by atoms with E-state index in [4.69, 9.17) is 14.3 Å². The van der Waals surface area contributed by atoms with Crippen LogP contribution < -0.4 is 11.5 Å². The molecule has 2 amide bonds. The van der Waals surface area contributed by atoms with Crippen LogP contribution in [-0.4, -0.2) is 19.2 Å². The van der Waals surface area contributed by atoms with Crippen LogP contribution in [0.4, 0.5) is 4.79 Å². The number of allylic oxidation sites excluding steroid dienone is 1. The molecule has 0 aliphatic heterocycles. The van der Waals surface area contributed by atoms with Crippen molar-refractivity contribution in [1.82, 2.24) is 0 Å². The first kappa shape index (κ1) is 20.7. The van der Waals surface area contributed by atoms with E-state index in [0.717, 1.165) is 26.1 Å². The fourth-order valence-corrected chi connectivity index (χ4v) is 0.614. The fraction of sp³-hybridized carbons (Fsp3) is 0.583. The normalized spacial score (nSPS) is 7.47. The number of rotatable bonds is 6. The van der Waals surface area contributed by atoms with Gasteiger partial charge in [0.15, 0.2) is 0 Å². The van der Waals surface area contributed by atoms with E-state index < -0.39 is 6.03 Å². The molecule has 0 aromatic heterocycles. The van der Waals surface area contributed by atoms with Gasteiger partial charge in [-0.25, -0.2) is 4.79 Å². The van der Waals surface area contributed by atoms with Crippen LogP contribution in [0, 0.1) is 0 Å². The Labute approximate surface area is 104 Å². The van der Waals surface area contributed by atoms with Crippen LogP contribution in [0.5, 0.6) is 0 Å². The van der Waals surface area contributed by atoms with Gasteiger partial charge in [0.1, 0.15) is 0 Å². The molecule has 0 aromatic carbocycles. The topological polar surface area (TPSA) is 87.6 Å². The Bertz CT molecular complexity index is 180. The zero-order valence-corrected chi connectivity index (χ0v) is 11.2. The van der Waals surface area contributed by atoms with E-state index in [-0.39, 0.29) is 0 Å². The summed E-state index contributed by atoms with van der Waals surface area (Å²) in [5, 5.41) is 0. The second-order valence-electron chi connectivity index (χ2n) is 2.71. The van der Waals surface area contributed by atoms with Crippen molar-refractivity contribution >= 4 is 6.03 Å². The minimum atomic E-state index is -0.833. The van der Waals surface area contributed by atoms with E-state index in [9.17, 15) is 0 Å². The van der Waals surface area contributed by atoms with Crippen LogP contribution in [-0.2, 0) is 9.47 Å². The van der Waals surface area contributed by atoms with Crippen molar-refractivity contribution in [1.29, 1.82) is 0 Å². The van der Waals surface area contributed by atoms with Gasteiger partial charge < -0.3 is 20.9 Å². The highest BCUT2D eigenvalue weighted by atomic mass is 16.7. The van der Waals surface area contributed by atoms with Gasteiger partial charge in [-0.3, -0.25) is 0 Å². The number of ether oxygens (including phenoxy) is 2. The van der Waals surface area contributed by atoms with Gasteiger partial charge in [0, 0.05) is 0 Å². The van der Waals surface area contributed by atoms with Gasteiger partial charge in [-0.05, 0) is 25.8 Å². The third-order valence-corrected chi connectivity index (χ3v) is 1.13. The summed E-state index contributed by atoms with van der Waals surface area (Å²) >= 11 is 0. The highest BCUT2D eigenvalue weighted by Crippen LogP contribution is 2.00. The molecule has 0 rings (SSSR count). The highest BCUT2D eigenvalue weighted by molar-refractivity contribution is 5.69. The van der Waals surface area contributed by atoms with Crippen molar-refractivity contribution in [3.63, 3.8) is 0 Å². The zero-order chi connectivity index (χ0) is 14.1. The summed E-state index contributed by atoms with van der Waals surface area (Å²) in [7, 11) is 0. The standard InChI is InChI=1S/C9H18O2.C2H4.CH4N2O/c1-4-7-10-9(6-3)11-8-5-2;1-2;2-1(3)4/h6H,4-5,7-8H2,1-3H3;1-2H2;(H4,2,3,4). The van der Waals surface area contributed by atoms with Gasteiger partial charge in [-0.1, -0.05) is 13.8 Å². The molecule has 0 spiro atoms. The van der Waals surface area contributed by atoms with Gasteiger partial charge in [0.05, 0.1) is 13.2 Å². The maximum absolute atomic E-state index is 9.00. The van der Waals surface area contributed by atoms with E-state index in [1.54, 1.807) is 0 Å². The largest absolute Gasteiger partial charge is 0.466 e. The van der Waals surface area contributed by atoms with Crippen LogP contribution in [0.1, 0.15) is 33.6 Å². The fourth-order valence-electron chi connectivity index (χ4n) is 0.614. The first-order valence-corrected chi connectivity index (χ1v) is 5.55. The lowest BCUT2D eigenvalue weighted by Gasteiger charge is -2.09. The number of urea groups is 1. The molecule has 0 saturated carbocycles. The lowest BCUT2D eigenvalue weighted by atomic mass is 10.5. The smallest absolute Gasteiger partial charge is 0.309 e. The van der Waals surface area contributed by atoms with Crippen molar-refractivity contribution in [2.75, 3.05) is 13.2 Å². The highest BCUT2D eigenvalue weighted by Gasteiger charge is 1.94. The second-order valence-corrected chi connectivity index (χ2v) is 2.71. The number of hydrogen-bond donors (Lipinski definition) is 2. The molecule has 0 aliphatic rings. The number of nitrogens with two attached hydrogens (primary N) is 2. The Kier molecular flexibility index (Phi) is 24.2. The van der Waals surface area contributed by atoms with Crippen LogP contribution in [0.15, 0.2) is 25.2 Å². The van der Waals surface area contributed by atoms with Crippen molar-refractivity contribution in [2.45, 2.75) is 33.6 Å². The predicted molar refractivity (Wildman–Crippen MR) is 71.3 cm³/mol. The Morgan fingerprint density at radius 3 is 1.59 bits per heavy atom. The first-order chi connectivity index (χ1) is 8.08. The molecule has 5 nitrogen and oxygen atoms in total. The van der Waals surface area contributed by atoms with E-state index in [0.29, 0.717) is 5.95 Å². The van der Waals surface area contributed by atoms with E-state index in [1.807, 2.05) is 13.0 Å². The number of primary amides is 2. The maximum atomic E-state index is 9.00. The van der Waals surface area contributed by atoms with Crippen molar-refractivity contribution < 1.29 is 14.3 Å². The molecular formula is C12H26N2O3. The molecule has 17 heavy (non-hydrogen) atoms. The molecule has 0 atom stereocenters. The summed E-state index contributed by atoms with van der Waals surface area (Å²) in [5.41, 5.74) is 8.50. The predicted octanol–water partition coefficient (Wildman–Crippen LogP) is 2.53. The summed E-state index contributed by atoms with van der Waals surface area (Å²) in [6, 6.07) is -0.833. The molecule has 0 fully saturated rings. The monoisotopic (exact) mass is 246 g/mol. The van der Waals surface area contributed by atoms with Crippen LogP contribution in [0.25, 0.3) is 0 Å². The number of amides is 2. The lowest BCUT2D eigenvalue weighted by molar-refractivity contribution is 0.0352. The van der Waals surface area contributed by atoms with Gasteiger partial charge in [-0.2, -0.15) is 0 Å². The molecule has 0 aliphatic carbocycles. The summed E-state index contributed by atoms with van der Waals surface area (Å²) < 4.78 is 10.6. The quantitative estimate of drug-likeness (QED) is 0.557. The molecule has 0 aromatic rings. The summed E-state index contributed by atoms with van der Waals surface area (Å²) in [6.07, 6.45) is 3.89.